The Labute approximate surface area is 131 Å². The van der Waals surface area contributed by atoms with Crippen LogP contribution in [0.5, 0.6) is 5.75 Å². The number of hydrogen-bond acceptors (Lipinski definition) is 3. The van der Waals surface area contributed by atoms with Crippen LogP contribution in [0.1, 0.15) is 30.0 Å². The van der Waals surface area contributed by atoms with Gasteiger partial charge in [-0.15, -0.1) is 0 Å². The van der Waals surface area contributed by atoms with Crippen LogP contribution in [0.4, 0.5) is 0 Å². The fourth-order valence-electron chi connectivity index (χ4n) is 2.12. The molecule has 0 aliphatic carbocycles. The Hall–Kier alpha value is -2.36. The van der Waals surface area contributed by atoms with Crippen LogP contribution in [0.2, 0.25) is 0 Å². The van der Waals surface area contributed by atoms with Crippen LogP contribution >= 0.6 is 0 Å². The predicted molar refractivity (Wildman–Crippen MR) is 86.7 cm³/mol. The van der Waals surface area contributed by atoms with Crippen LogP contribution in [0.25, 0.3) is 0 Å². The number of aromatic nitrogens is 1. The fraction of sp³-hybridized carbons (Fsp3) is 0.333. The quantitative estimate of drug-likeness (QED) is 0.891. The molecule has 0 saturated carbocycles. The van der Waals surface area contributed by atoms with Crippen molar-refractivity contribution in [3.05, 3.63) is 59.4 Å². The second-order valence-electron chi connectivity index (χ2n) is 5.36. The fourth-order valence-corrected chi connectivity index (χ4v) is 2.12. The first-order valence-corrected chi connectivity index (χ1v) is 7.50. The summed E-state index contributed by atoms with van der Waals surface area (Å²) in [6.07, 6.45) is 3.58. The summed E-state index contributed by atoms with van der Waals surface area (Å²) in [5, 5.41) is 2.90. The Bertz CT molecular complexity index is 626. The van der Waals surface area contributed by atoms with E-state index in [1.165, 1.54) is 0 Å². The molecule has 1 aromatic heterocycles. The lowest BCUT2D eigenvalue weighted by molar-refractivity contribution is -0.128. The molecule has 0 unspecified atom stereocenters. The summed E-state index contributed by atoms with van der Waals surface area (Å²) in [6, 6.07) is 9.79. The van der Waals surface area contributed by atoms with Gasteiger partial charge in [0, 0.05) is 18.9 Å². The lowest BCUT2D eigenvalue weighted by Crippen LogP contribution is -2.37. The summed E-state index contributed by atoms with van der Waals surface area (Å²) in [5.41, 5.74) is 3.12. The Balaban J connectivity index is 1.98. The topological polar surface area (TPSA) is 51.2 Å². The minimum Gasteiger partial charge on any atom is -0.480 e. The normalized spacial score (nSPS) is 11.8. The van der Waals surface area contributed by atoms with Crippen LogP contribution in [-0.4, -0.2) is 17.0 Å². The molecule has 0 saturated heterocycles. The number of hydrogen-bond donors (Lipinski definition) is 1. The van der Waals surface area contributed by atoms with Crippen LogP contribution in [0.3, 0.4) is 0 Å². The molecule has 22 heavy (non-hydrogen) atoms. The largest absolute Gasteiger partial charge is 0.480 e. The Kier molecular flexibility index (Phi) is 5.53. The molecule has 2 rings (SSSR count). The van der Waals surface area contributed by atoms with Crippen LogP contribution in [0.15, 0.2) is 42.7 Å². The summed E-state index contributed by atoms with van der Waals surface area (Å²) in [7, 11) is 0. The van der Waals surface area contributed by atoms with Gasteiger partial charge in [-0.2, -0.15) is 0 Å². The zero-order chi connectivity index (χ0) is 15.9. The van der Waals surface area contributed by atoms with E-state index in [1.54, 1.807) is 12.4 Å². The molecule has 116 valence electrons. The van der Waals surface area contributed by atoms with Gasteiger partial charge in [0.25, 0.3) is 5.91 Å². The number of nitrogens with one attached hydrogen (secondary N) is 1. The van der Waals surface area contributed by atoms with Gasteiger partial charge in [0.15, 0.2) is 6.10 Å². The maximum absolute atomic E-state index is 12.3. The Morgan fingerprint density at radius 1 is 1.32 bits per heavy atom. The molecular weight excluding hydrogens is 276 g/mol. The van der Waals surface area contributed by atoms with E-state index in [0.717, 1.165) is 22.4 Å². The molecule has 0 bridgehead atoms. The third-order valence-corrected chi connectivity index (χ3v) is 3.47. The zero-order valence-corrected chi connectivity index (χ0v) is 13.3. The van der Waals surface area contributed by atoms with Gasteiger partial charge in [0.1, 0.15) is 5.75 Å². The van der Waals surface area contributed by atoms with Crippen molar-refractivity contribution in [1.29, 1.82) is 0 Å². The summed E-state index contributed by atoms with van der Waals surface area (Å²) >= 11 is 0. The van der Waals surface area contributed by atoms with Gasteiger partial charge in [0.05, 0.1) is 0 Å². The van der Waals surface area contributed by atoms with Crippen molar-refractivity contribution in [2.24, 2.45) is 0 Å². The molecule has 4 heteroatoms. The highest BCUT2D eigenvalue weighted by Gasteiger charge is 2.18. The lowest BCUT2D eigenvalue weighted by Gasteiger charge is -2.19. The van der Waals surface area contributed by atoms with Crippen molar-refractivity contribution in [2.45, 2.75) is 39.8 Å². The van der Waals surface area contributed by atoms with Gasteiger partial charge in [-0.3, -0.25) is 9.78 Å². The number of amides is 1. The summed E-state index contributed by atoms with van der Waals surface area (Å²) in [4.78, 5) is 16.3. The Morgan fingerprint density at radius 3 is 2.82 bits per heavy atom. The smallest absolute Gasteiger partial charge is 0.261 e. The molecule has 1 heterocycles. The number of aryl methyl sites for hydroxylation is 2. The third-order valence-electron chi connectivity index (χ3n) is 3.47. The maximum Gasteiger partial charge on any atom is 0.261 e. The van der Waals surface area contributed by atoms with Crippen molar-refractivity contribution < 1.29 is 9.53 Å². The average Bonchev–Trinajstić information content (AvgIpc) is 2.54. The molecular formula is C18H22N2O2. The first kappa shape index (κ1) is 16.0. The highest BCUT2D eigenvalue weighted by Crippen LogP contribution is 2.21. The molecule has 0 aliphatic heterocycles. The van der Waals surface area contributed by atoms with Gasteiger partial charge in [-0.1, -0.05) is 25.1 Å². The Morgan fingerprint density at radius 2 is 2.14 bits per heavy atom. The van der Waals surface area contributed by atoms with Gasteiger partial charge in [0.2, 0.25) is 0 Å². The number of ether oxygens (including phenoxy) is 1. The zero-order valence-electron chi connectivity index (χ0n) is 13.3. The van der Waals surface area contributed by atoms with Crippen molar-refractivity contribution in [2.75, 3.05) is 0 Å². The van der Waals surface area contributed by atoms with Gasteiger partial charge < -0.3 is 10.1 Å². The van der Waals surface area contributed by atoms with Crippen molar-refractivity contribution >= 4 is 5.91 Å². The number of carbonyl (C=O) groups excluding carboxylic acids is 1. The van der Waals surface area contributed by atoms with Gasteiger partial charge in [-0.05, 0) is 49.1 Å². The molecule has 2 aromatic rings. The molecule has 1 amide bonds. The van der Waals surface area contributed by atoms with Crippen LogP contribution < -0.4 is 10.1 Å². The summed E-state index contributed by atoms with van der Waals surface area (Å²) < 4.78 is 5.90. The second kappa shape index (κ2) is 7.59. The molecule has 4 nitrogen and oxygen atoms in total. The van der Waals surface area contributed by atoms with E-state index in [1.807, 2.05) is 51.1 Å². The van der Waals surface area contributed by atoms with E-state index in [2.05, 4.69) is 10.3 Å². The highest BCUT2D eigenvalue weighted by atomic mass is 16.5. The molecule has 1 atom stereocenters. The van der Waals surface area contributed by atoms with E-state index in [0.29, 0.717) is 13.0 Å². The van der Waals surface area contributed by atoms with E-state index in [9.17, 15) is 4.79 Å². The second-order valence-corrected chi connectivity index (χ2v) is 5.36. The molecule has 1 N–H and O–H groups in total. The van der Waals surface area contributed by atoms with Gasteiger partial charge >= 0.3 is 0 Å². The molecule has 1 aromatic carbocycles. The molecule has 0 aliphatic rings. The van der Waals surface area contributed by atoms with Crippen molar-refractivity contribution in [1.82, 2.24) is 10.3 Å². The van der Waals surface area contributed by atoms with E-state index < -0.39 is 6.10 Å². The molecule has 0 radical (unpaired) electrons. The number of pyridine rings is 1. The molecule has 0 fully saturated rings. The third kappa shape index (κ3) is 4.32. The summed E-state index contributed by atoms with van der Waals surface area (Å²) in [5.74, 6) is 0.663. The first-order chi connectivity index (χ1) is 10.6. The number of carbonyl (C=O) groups is 1. The first-order valence-electron chi connectivity index (χ1n) is 7.50. The summed E-state index contributed by atoms with van der Waals surface area (Å²) in [6.45, 7) is 6.39. The van der Waals surface area contributed by atoms with E-state index >= 15 is 0 Å². The number of benzene rings is 1. The lowest BCUT2D eigenvalue weighted by atomic mass is 10.1. The van der Waals surface area contributed by atoms with Crippen molar-refractivity contribution in [3.63, 3.8) is 0 Å². The standard InChI is InChI=1S/C18H22N2O2/c1-4-16(22-17-10-13(2)7-8-14(17)3)18(21)20-12-15-6-5-9-19-11-15/h5-11,16H,4,12H2,1-3H3,(H,20,21)/t16-/m1/s1. The SMILES string of the molecule is CC[C@@H](Oc1cc(C)ccc1C)C(=O)NCc1cccnc1. The average molecular weight is 298 g/mol. The van der Waals surface area contributed by atoms with E-state index in [4.69, 9.17) is 4.74 Å². The van der Waals surface area contributed by atoms with Crippen LogP contribution in [0, 0.1) is 13.8 Å². The van der Waals surface area contributed by atoms with Crippen molar-refractivity contribution in [3.8, 4) is 5.75 Å². The number of rotatable bonds is 6. The minimum absolute atomic E-state index is 0.104. The van der Waals surface area contributed by atoms with Gasteiger partial charge in [-0.25, -0.2) is 0 Å². The highest BCUT2D eigenvalue weighted by molar-refractivity contribution is 5.81. The predicted octanol–water partition coefficient (Wildman–Crippen LogP) is 3.17. The maximum atomic E-state index is 12.3. The number of nitrogens with zero attached hydrogens (tertiary/aromatic N) is 1. The minimum atomic E-state index is -0.489. The molecule has 0 spiro atoms. The monoisotopic (exact) mass is 298 g/mol. The van der Waals surface area contributed by atoms with Crippen LogP contribution in [-0.2, 0) is 11.3 Å². The van der Waals surface area contributed by atoms with E-state index in [-0.39, 0.29) is 5.91 Å².